The Kier molecular flexibility index (Phi) is 9.57. The van der Waals surface area contributed by atoms with E-state index < -0.39 is 5.41 Å². The summed E-state index contributed by atoms with van der Waals surface area (Å²) in [5.74, 6) is 12.0. The molecular formula is C13H18N6. The highest BCUT2D eigenvalue weighted by atomic mass is 15.2. The zero-order valence-electron chi connectivity index (χ0n) is 11.4. The van der Waals surface area contributed by atoms with Crippen LogP contribution in [0.15, 0.2) is 10.2 Å². The third-order valence-corrected chi connectivity index (χ3v) is 2.47. The third-order valence-electron chi connectivity index (χ3n) is 2.47. The van der Waals surface area contributed by atoms with Crippen molar-refractivity contribution in [3.63, 3.8) is 0 Å². The SMILES string of the molecule is CCC#CCC(CC#CCC)(CN=[N+]=[N-])CN=[N+]=[N-]. The number of azide groups is 2. The molecule has 0 rings (SSSR count). The summed E-state index contributed by atoms with van der Waals surface area (Å²) in [5, 5.41) is 7.23. The van der Waals surface area contributed by atoms with Crippen molar-refractivity contribution in [1.29, 1.82) is 0 Å². The minimum Gasteiger partial charge on any atom is -0.104 e. The molecule has 0 aliphatic heterocycles. The van der Waals surface area contributed by atoms with Crippen LogP contribution in [0.4, 0.5) is 0 Å². The second-order valence-corrected chi connectivity index (χ2v) is 4.05. The van der Waals surface area contributed by atoms with Crippen LogP contribution in [0.25, 0.3) is 20.9 Å². The Morgan fingerprint density at radius 3 is 1.58 bits per heavy atom. The number of hydrogen-bond acceptors (Lipinski definition) is 2. The average molecular weight is 258 g/mol. The first-order valence-corrected chi connectivity index (χ1v) is 6.18. The van der Waals surface area contributed by atoms with Gasteiger partial charge in [0.1, 0.15) is 0 Å². The fourth-order valence-electron chi connectivity index (χ4n) is 1.45. The molecule has 0 saturated heterocycles. The van der Waals surface area contributed by atoms with Gasteiger partial charge in [-0.2, -0.15) is 0 Å². The van der Waals surface area contributed by atoms with Crippen molar-refractivity contribution in [2.45, 2.75) is 39.5 Å². The first-order chi connectivity index (χ1) is 9.24. The summed E-state index contributed by atoms with van der Waals surface area (Å²) in [6.45, 7) is 4.40. The standard InChI is InChI=1S/C13H18N6/c1-3-5-7-9-13(11-16-18-14,12-17-19-15)10-8-6-4-2/h3-4,9-12H2,1-2H3. The van der Waals surface area contributed by atoms with E-state index in [2.05, 4.69) is 43.7 Å². The Hall–Kier alpha value is -2.26. The summed E-state index contributed by atoms with van der Waals surface area (Å²) in [7, 11) is 0. The molecule has 19 heavy (non-hydrogen) atoms. The molecule has 0 atom stereocenters. The molecule has 0 fully saturated rings. The lowest BCUT2D eigenvalue weighted by atomic mass is 9.81. The highest BCUT2D eigenvalue weighted by molar-refractivity contribution is 5.10. The lowest BCUT2D eigenvalue weighted by molar-refractivity contribution is 0.327. The van der Waals surface area contributed by atoms with Crippen LogP contribution in [0.2, 0.25) is 0 Å². The highest BCUT2D eigenvalue weighted by Gasteiger charge is 2.27. The molecule has 0 heterocycles. The zero-order valence-corrected chi connectivity index (χ0v) is 11.4. The Morgan fingerprint density at radius 1 is 0.842 bits per heavy atom. The molecule has 0 radical (unpaired) electrons. The lowest BCUT2D eigenvalue weighted by Gasteiger charge is -2.26. The predicted octanol–water partition coefficient (Wildman–Crippen LogP) is 4.20. The summed E-state index contributed by atoms with van der Waals surface area (Å²) < 4.78 is 0. The van der Waals surface area contributed by atoms with Crippen LogP contribution < -0.4 is 0 Å². The number of nitrogens with zero attached hydrogens (tertiary/aromatic N) is 6. The monoisotopic (exact) mass is 258 g/mol. The third kappa shape index (κ3) is 7.63. The van der Waals surface area contributed by atoms with Crippen LogP contribution in [0.1, 0.15) is 39.5 Å². The smallest absolute Gasteiger partial charge is 0.0334 e. The summed E-state index contributed by atoms with van der Waals surface area (Å²) in [5.41, 5.74) is 16.5. The van der Waals surface area contributed by atoms with E-state index in [1.54, 1.807) is 0 Å². The van der Waals surface area contributed by atoms with E-state index in [1.165, 1.54) is 0 Å². The quantitative estimate of drug-likeness (QED) is 0.295. The van der Waals surface area contributed by atoms with E-state index in [4.69, 9.17) is 11.1 Å². The molecule has 0 aliphatic carbocycles. The van der Waals surface area contributed by atoms with E-state index in [0.717, 1.165) is 12.8 Å². The van der Waals surface area contributed by atoms with E-state index in [9.17, 15) is 0 Å². The van der Waals surface area contributed by atoms with Crippen molar-refractivity contribution in [3.8, 4) is 23.7 Å². The van der Waals surface area contributed by atoms with Gasteiger partial charge in [-0.3, -0.25) is 0 Å². The average Bonchev–Trinajstić information content (AvgIpc) is 2.43. The van der Waals surface area contributed by atoms with Gasteiger partial charge in [-0.25, -0.2) is 0 Å². The lowest BCUT2D eigenvalue weighted by Crippen LogP contribution is -2.27. The molecule has 0 aromatic carbocycles. The zero-order chi connectivity index (χ0) is 14.4. The van der Waals surface area contributed by atoms with Gasteiger partial charge in [-0.15, -0.1) is 23.7 Å². The van der Waals surface area contributed by atoms with Crippen LogP contribution in [0.3, 0.4) is 0 Å². The second kappa shape index (κ2) is 10.9. The van der Waals surface area contributed by atoms with Crippen molar-refractivity contribution >= 4 is 0 Å². The van der Waals surface area contributed by atoms with E-state index >= 15 is 0 Å². The van der Waals surface area contributed by atoms with E-state index in [0.29, 0.717) is 12.8 Å². The molecular weight excluding hydrogens is 240 g/mol. The van der Waals surface area contributed by atoms with E-state index in [-0.39, 0.29) is 13.1 Å². The summed E-state index contributed by atoms with van der Waals surface area (Å²) >= 11 is 0. The van der Waals surface area contributed by atoms with Gasteiger partial charge in [-0.1, -0.05) is 24.1 Å². The largest absolute Gasteiger partial charge is 0.104 e. The molecule has 100 valence electrons. The van der Waals surface area contributed by atoms with Crippen molar-refractivity contribution in [2.24, 2.45) is 15.6 Å². The molecule has 6 nitrogen and oxygen atoms in total. The van der Waals surface area contributed by atoms with Gasteiger partial charge in [0.05, 0.1) is 0 Å². The maximum Gasteiger partial charge on any atom is 0.0334 e. The van der Waals surface area contributed by atoms with Crippen LogP contribution in [-0.4, -0.2) is 13.1 Å². The van der Waals surface area contributed by atoms with Gasteiger partial charge in [0.25, 0.3) is 0 Å². The Labute approximate surface area is 113 Å². The van der Waals surface area contributed by atoms with Crippen LogP contribution in [0.5, 0.6) is 0 Å². The molecule has 0 saturated carbocycles. The highest BCUT2D eigenvalue weighted by Crippen LogP contribution is 2.27. The summed E-state index contributed by atoms with van der Waals surface area (Å²) in [6, 6.07) is 0. The molecule has 0 aromatic heterocycles. The summed E-state index contributed by atoms with van der Waals surface area (Å²) in [6.07, 6.45) is 2.55. The predicted molar refractivity (Wildman–Crippen MR) is 75.8 cm³/mol. The maximum atomic E-state index is 8.48. The number of rotatable bonds is 6. The molecule has 0 unspecified atom stereocenters. The first kappa shape index (κ1) is 16.7. The van der Waals surface area contributed by atoms with Gasteiger partial charge in [-0.05, 0) is 11.1 Å². The van der Waals surface area contributed by atoms with Crippen LogP contribution in [0, 0.1) is 29.1 Å². The van der Waals surface area contributed by atoms with Gasteiger partial charge >= 0.3 is 0 Å². The maximum absolute atomic E-state index is 8.48. The van der Waals surface area contributed by atoms with Crippen molar-refractivity contribution in [1.82, 2.24) is 0 Å². The van der Waals surface area contributed by atoms with Crippen LogP contribution >= 0.6 is 0 Å². The molecule has 0 N–H and O–H groups in total. The molecule has 0 bridgehead atoms. The van der Waals surface area contributed by atoms with Crippen molar-refractivity contribution in [2.75, 3.05) is 13.1 Å². The Bertz CT molecular complexity index is 429. The summed E-state index contributed by atoms with van der Waals surface area (Å²) in [4.78, 5) is 5.56. The minimum atomic E-state index is -0.483. The van der Waals surface area contributed by atoms with Crippen molar-refractivity contribution in [3.05, 3.63) is 20.9 Å². The second-order valence-electron chi connectivity index (χ2n) is 4.05. The molecule has 0 spiro atoms. The minimum absolute atomic E-state index is 0.235. The first-order valence-electron chi connectivity index (χ1n) is 6.18. The van der Waals surface area contributed by atoms with Gasteiger partial charge < -0.3 is 0 Å². The Morgan fingerprint density at radius 2 is 1.26 bits per heavy atom. The molecule has 0 amide bonds. The molecule has 0 aromatic rings. The fourth-order valence-corrected chi connectivity index (χ4v) is 1.45. The Balaban J connectivity index is 5.14. The van der Waals surface area contributed by atoms with Gasteiger partial charge in [0, 0.05) is 54.0 Å². The molecule has 0 aliphatic rings. The van der Waals surface area contributed by atoms with Crippen LogP contribution in [-0.2, 0) is 0 Å². The van der Waals surface area contributed by atoms with Gasteiger partial charge in [0.15, 0.2) is 0 Å². The fraction of sp³-hybridized carbons (Fsp3) is 0.692. The number of hydrogen-bond donors (Lipinski definition) is 0. The topological polar surface area (TPSA) is 97.5 Å². The normalized spacial score (nSPS) is 8.95. The van der Waals surface area contributed by atoms with Gasteiger partial charge in [0.2, 0.25) is 0 Å². The van der Waals surface area contributed by atoms with Crippen molar-refractivity contribution < 1.29 is 0 Å². The van der Waals surface area contributed by atoms with E-state index in [1.807, 2.05) is 13.8 Å². The molecule has 6 heteroatoms.